The average molecular weight is 201 g/mol. The molecule has 0 rings (SSSR count). The molecule has 0 aliphatic rings. The smallest absolute Gasteiger partial charge is 0.222 e. The van der Waals surface area contributed by atoms with E-state index in [0.29, 0.717) is 12.3 Å². The molecule has 0 aliphatic carbocycles. The van der Waals surface area contributed by atoms with Crippen molar-refractivity contribution < 1.29 is 9.90 Å². The number of aliphatic hydroxyl groups excluding tert-OH is 1. The predicted molar refractivity (Wildman–Crippen MR) is 58.0 cm³/mol. The van der Waals surface area contributed by atoms with Gasteiger partial charge in [-0.15, -0.1) is 0 Å². The van der Waals surface area contributed by atoms with Crippen LogP contribution in [-0.4, -0.2) is 35.6 Å². The Morgan fingerprint density at radius 1 is 1.36 bits per heavy atom. The normalized spacial score (nSPS) is 10.6. The highest BCUT2D eigenvalue weighted by molar-refractivity contribution is 5.76. The molecule has 0 aromatic heterocycles. The van der Waals surface area contributed by atoms with Crippen LogP contribution in [0.1, 0.15) is 40.0 Å². The highest BCUT2D eigenvalue weighted by atomic mass is 16.3. The van der Waals surface area contributed by atoms with Gasteiger partial charge in [0.15, 0.2) is 0 Å². The second kappa shape index (κ2) is 7.80. The van der Waals surface area contributed by atoms with E-state index >= 15 is 0 Å². The second-order valence-electron chi connectivity index (χ2n) is 4.01. The summed E-state index contributed by atoms with van der Waals surface area (Å²) in [5.41, 5.74) is 0. The van der Waals surface area contributed by atoms with Gasteiger partial charge in [-0.3, -0.25) is 4.79 Å². The number of carbonyl (C=O) groups is 1. The molecular weight excluding hydrogens is 178 g/mol. The minimum atomic E-state index is 0.184. The number of hydrogen-bond donors (Lipinski definition) is 1. The fourth-order valence-corrected chi connectivity index (χ4v) is 1.39. The van der Waals surface area contributed by atoms with Crippen molar-refractivity contribution in [1.29, 1.82) is 0 Å². The van der Waals surface area contributed by atoms with Crippen molar-refractivity contribution in [2.24, 2.45) is 5.92 Å². The Hall–Kier alpha value is -0.570. The number of amides is 1. The Bertz CT molecular complexity index is 157. The van der Waals surface area contributed by atoms with Crippen LogP contribution in [0.4, 0.5) is 0 Å². The van der Waals surface area contributed by atoms with Gasteiger partial charge in [0.25, 0.3) is 0 Å². The Labute approximate surface area is 87.1 Å². The molecule has 0 aromatic rings. The summed E-state index contributed by atoms with van der Waals surface area (Å²) < 4.78 is 0. The van der Waals surface area contributed by atoms with Gasteiger partial charge >= 0.3 is 0 Å². The number of hydrogen-bond acceptors (Lipinski definition) is 2. The first-order chi connectivity index (χ1) is 6.61. The molecule has 0 saturated heterocycles. The van der Waals surface area contributed by atoms with Crippen molar-refractivity contribution in [2.75, 3.05) is 19.7 Å². The van der Waals surface area contributed by atoms with Crippen molar-refractivity contribution >= 4 is 5.91 Å². The van der Waals surface area contributed by atoms with Crippen LogP contribution in [0, 0.1) is 5.92 Å². The van der Waals surface area contributed by atoms with Crippen molar-refractivity contribution in [1.82, 2.24) is 4.90 Å². The molecule has 1 N–H and O–H groups in total. The average Bonchev–Trinajstić information content (AvgIpc) is 2.14. The molecular formula is C11H23NO2. The lowest BCUT2D eigenvalue weighted by Crippen LogP contribution is -2.33. The van der Waals surface area contributed by atoms with Crippen molar-refractivity contribution in [3.63, 3.8) is 0 Å². The van der Waals surface area contributed by atoms with Crippen LogP contribution in [0.15, 0.2) is 0 Å². The first-order valence-electron chi connectivity index (χ1n) is 5.50. The van der Waals surface area contributed by atoms with Crippen molar-refractivity contribution in [3.8, 4) is 0 Å². The molecule has 0 fully saturated rings. The van der Waals surface area contributed by atoms with Crippen molar-refractivity contribution in [2.45, 2.75) is 40.0 Å². The lowest BCUT2D eigenvalue weighted by molar-refractivity contribution is -0.131. The third-order valence-corrected chi connectivity index (χ3v) is 2.12. The van der Waals surface area contributed by atoms with E-state index in [2.05, 4.69) is 13.8 Å². The summed E-state index contributed by atoms with van der Waals surface area (Å²) in [5.74, 6) is 0.742. The number of nitrogens with zero attached hydrogens (tertiary/aromatic N) is 1. The number of carbonyl (C=O) groups excluding carboxylic acids is 1. The van der Waals surface area contributed by atoms with Crippen LogP contribution >= 0.6 is 0 Å². The fourth-order valence-electron chi connectivity index (χ4n) is 1.39. The molecule has 0 bridgehead atoms. The maximum Gasteiger partial charge on any atom is 0.222 e. The highest BCUT2D eigenvalue weighted by Crippen LogP contribution is 2.04. The third kappa shape index (κ3) is 5.97. The van der Waals surface area contributed by atoms with Gasteiger partial charge in [-0.1, -0.05) is 13.8 Å². The van der Waals surface area contributed by atoms with E-state index in [-0.39, 0.29) is 12.5 Å². The van der Waals surface area contributed by atoms with Gasteiger partial charge < -0.3 is 10.0 Å². The third-order valence-electron chi connectivity index (χ3n) is 2.12. The summed E-state index contributed by atoms with van der Waals surface area (Å²) >= 11 is 0. The molecule has 0 radical (unpaired) electrons. The standard InChI is InChI=1S/C11H23NO2/c1-4-12(9-10(2)3)11(14)7-5-6-8-13/h10,13H,4-9H2,1-3H3. The molecule has 0 spiro atoms. The van der Waals surface area contributed by atoms with Crippen LogP contribution in [-0.2, 0) is 4.79 Å². The number of rotatable bonds is 7. The topological polar surface area (TPSA) is 40.5 Å². The second-order valence-corrected chi connectivity index (χ2v) is 4.01. The van der Waals surface area contributed by atoms with Gasteiger partial charge in [0.2, 0.25) is 5.91 Å². The molecule has 0 aliphatic heterocycles. The SMILES string of the molecule is CCN(CC(C)C)C(=O)CCCCO. The molecule has 0 unspecified atom stereocenters. The molecule has 0 aromatic carbocycles. The molecule has 0 heterocycles. The molecule has 3 heteroatoms. The summed E-state index contributed by atoms with van der Waals surface area (Å²) in [6, 6.07) is 0. The first-order valence-corrected chi connectivity index (χ1v) is 5.50. The van der Waals surface area contributed by atoms with Crippen LogP contribution in [0.25, 0.3) is 0 Å². The molecule has 3 nitrogen and oxygen atoms in total. The summed E-state index contributed by atoms with van der Waals surface area (Å²) in [7, 11) is 0. The van der Waals surface area contributed by atoms with Crippen LogP contribution in [0.5, 0.6) is 0 Å². The van der Waals surface area contributed by atoms with E-state index in [0.717, 1.165) is 25.9 Å². The van der Waals surface area contributed by atoms with Crippen LogP contribution in [0.2, 0.25) is 0 Å². The van der Waals surface area contributed by atoms with Gasteiger partial charge in [-0.2, -0.15) is 0 Å². The zero-order valence-electron chi connectivity index (χ0n) is 9.62. The minimum Gasteiger partial charge on any atom is -0.396 e. The first kappa shape index (κ1) is 13.4. The number of unbranched alkanes of at least 4 members (excludes halogenated alkanes) is 1. The zero-order valence-corrected chi connectivity index (χ0v) is 9.62. The van der Waals surface area contributed by atoms with Gasteiger partial charge in [-0.05, 0) is 25.7 Å². The van der Waals surface area contributed by atoms with E-state index in [1.54, 1.807) is 0 Å². The maximum atomic E-state index is 11.6. The van der Waals surface area contributed by atoms with Gasteiger partial charge in [0, 0.05) is 26.1 Å². The van der Waals surface area contributed by atoms with E-state index in [1.807, 2.05) is 11.8 Å². The lowest BCUT2D eigenvalue weighted by atomic mass is 10.1. The monoisotopic (exact) mass is 201 g/mol. The van der Waals surface area contributed by atoms with E-state index in [9.17, 15) is 4.79 Å². The Morgan fingerprint density at radius 2 is 2.00 bits per heavy atom. The Balaban J connectivity index is 3.79. The summed E-state index contributed by atoms with van der Waals surface area (Å²) in [5, 5.41) is 8.60. The summed E-state index contributed by atoms with van der Waals surface area (Å²) in [4.78, 5) is 13.5. The van der Waals surface area contributed by atoms with Gasteiger partial charge in [0.1, 0.15) is 0 Å². The molecule has 84 valence electrons. The maximum absolute atomic E-state index is 11.6. The Morgan fingerprint density at radius 3 is 2.43 bits per heavy atom. The molecule has 0 saturated carbocycles. The molecule has 1 amide bonds. The van der Waals surface area contributed by atoms with E-state index < -0.39 is 0 Å². The number of aliphatic hydroxyl groups is 1. The highest BCUT2D eigenvalue weighted by Gasteiger charge is 2.11. The summed E-state index contributed by atoms with van der Waals surface area (Å²) in [6.07, 6.45) is 2.09. The lowest BCUT2D eigenvalue weighted by Gasteiger charge is -2.22. The van der Waals surface area contributed by atoms with Crippen molar-refractivity contribution in [3.05, 3.63) is 0 Å². The minimum absolute atomic E-state index is 0.184. The fraction of sp³-hybridized carbons (Fsp3) is 0.909. The quantitative estimate of drug-likeness (QED) is 0.636. The van der Waals surface area contributed by atoms with E-state index in [4.69, 9.17) is 5.11 Å². The molecule has 14 heavy (non-hydrogen) atoms. The molecule has 0 atom stereocenters. The zero-order chi connectivity index (χ0) is 11.0. The van der Waals surface area contributed by atoms with Gasteiger partial charge in [0.05, 0.1) is 0 Å². The van der Waals surface area contributed by atoms with E-state index in [1.165, 1.54) is 0 Å². The summed E-state index contributed by atoms with van der Waals surface area (Å²) in [6.45, 7) is 8.05. The largest absolute Gasteiger partial charge is 0.396 e. The van der Waals surface area contributed by atoms with Crippen LogP contribution in [0.3, 0.4) is 0 Å². The Kier molecular flexibility index (Phi) is 7.48. The van der Waals surface area contributed by atoms with Crippen LogP contribution < -0.4 is 0 Å². The predicted octanol–water partition coefficient (Wildman–Crippen LogP) is 1.65. The van der Waals surface area contributed by atoms with Gasteiger partial charge in [-0.25, -0.2) is 0 Å².